The fourth-order valence-corrected chi connectivity index (χ4v) is 18.5. The van der Waals surface area contributed by atoms with E-state index >= 15 is 0 Å². The van der Waals surface area contributed by atoms with Gasteiger partial charge in [-0.3, -0.25) is 0 Å². The smallest absolute Gasteiger partial charge is 0.182 e. The van der Waals surface area contributed by atoms with Crippen LogP contribution >= 0.6 is 0 Å². The molecule has 87 heavy (non-hydrogen) atoms. The highest BCUT2D eigenvalue weighted by Crippen LogP contribution is 2.44. The van der Waals surface area contributed by atoms with E-state index in [9.17, 15) is 0 Å². The lowest BCUT2D eigenvalue weighted by atomic mass is 10.0. The lowest BCUT2D eigenvalue weighted by Crippen LogP contribution is -2.70. The van der Waals surface area contributed by atoms with Crippen molar-refractivity contribution in [1.82, 2.24) is 29.9 Å². The van der Waals surface area contributed by atoms with Gasteiger partial charge in [0.15, 0.2) is 43.0 Å². The van der Waals surface area contributed by atoms with Crippen LogP contribution in [0.5, 0.6) is 0 Å². The molecule has 1 spiro atoms. The molecule has 0 saturated carbocycles. The molecule has 0 radical (unpaired) electrons. The molecular formula is C78H52N8Si. The molecule has 0 N–H and O–H groups in total. The lowest BCUT2D eigenvalue weighted by molar-refractivity contribution is 1.07. The van der Waals surface area contributed by atoms with E-state index in [0.717, 1.165) is 67.5 Å². The first-order valence-electron chi connectivity index (χ1n) is 29.3. The SMILES string of the molecule is c1ccc(-c2nc(-c3ccccc3)nc(-c3ccc4c(c3)[Si]3(c5cc(-c6nc(-c7ccccc7)nc(-c7ccccc7)n6)ccc5-4)c4cc(N(c5ccccc5)c5ccccc5)ccc4-c4ccc(N(c5ccccc5)c5ccccc5)cc43)n2)cc1. The summed E-state index contributed by atoms with van der Waals surface area (Å²) in [5.74, 6) is 3.62. The van der Waals surface area contributed by atoms with E-state index in [0.29, 0.717) is 34.9 Å². The Morgan fingerprint density at radius 3 is 0.667 bits per heavy atom. The molecule has 4 heterocycles. The summed E-state index contributed by atoms with van der Waals surface area (Å²) in [5, 5.41) is 5.04. The van der Waals surface area contributed by atoms with E-state index in [4.69, 9.17) is 29.9 Å². The molecule has 9 heteroatoms. The number of hydrogen-bond acceptors (Lipinski definition) is 8. The maximum atomic E-state index is 5.36. The molecule has 14 aromatic rings. The number of anilines is 6. The van der Waals surface area contributed by atoms with Crippen LogP contribution in [0, 0.1) is 0 Å². The summed E-state index contributed by atoms with van der Waals surface area (Å²) in [6.07, 6.45) is 0. The zero-order chi connectivity index (χ0) is 57.7. The summed E-state index contributed by atoms with van der Waals surface area (Å²) >= 11 is 0. The molecule has 0 saturated heterocycles. The first-order valence-corrected chi connectivity index (χ1v) is 31.3. The third-order valence-corrected chi connectivity index (χ3v) is 21.6. The summed E-state index contributed by atoms with van der Waals surface area (Å²) in [4.78, 5) is 36.5. The van der Waals surface area contributed by atoms with Crippen LogP contribution in [0.2, 0.25) is 0 Å². The van der Waals surface area contributed by atoms with Crippen molar-refractivity contribution < 1.29 is 0 Å². The van der Waals surface area contributed by atoms with Crippen LogP contribution in [0.25, 0.3) is 90.6 Å². The van der Waals surface area contributed by atoms with Gasteiger partial charge in [0.2, 0.25) is 0 Å². The van der Waals surface area contributed by atoms with E-state index in [1.807, 2.05) is 72.8 Å². The molecule has 2 aliphatic rings. The zero-order valence-electron chi connectivity index (χ0n) is 47.1. The molecule has 0 fully saturated rings. The van der Waals surface area contributed by atoms with Crippen LogP contribution in [0.3, 0.4) is 0 Å². The maximum absolute atomic E-state index is 5.36. The van der Waals surface area contributed by atoms with Gasteiger partial charge in [0.1, 0.15) is 0 Å². The summed E-state index contributed by atoms with van der Waals surface area (Å²) in [6.45, 7) is 0. The van der Waals surface area contributed by atoms with Gasteiger partial charge in [0.25, 0.3) is 0 Å². The minimum Gasteiger partial charge on any atom is -0.311 e. The van der Waals surface area contributed by atoms with E-state index in [1.165, 1.54) is 43.0 Å². The van der Waals surface area contributed by atoms with Crippen LogP contribution in [0.15, 0.2) is 315 Å². The van der Waals surface area contributed by atoms with Crippen molar-refractivity contribution in [3.8, 4) is 90.6 Å². The molecule has 0 bridgehead atoms. The number of aromatic nitrogens is 6. The predicted molar refractivity (Wildman–Crippen MR) is 357 cm³/mol. The highest BCUT2D eigenvalue weighted by atomic mass is 28.3. The van der Waals surface area contributed by atoms with Crippen LogP contribution in [-0.2, 0) is 0 Å². The number of fused-ring (bicyclic) bond motifs is 10. The Balaban J connectivity index is 1.00. The molecular weight excluding hydrogens is 1080 g/mol. The lowest BCUT2D eigenvalue weighted by Gasteiger charge is -2.32. The topological polar surface area (TPSA) is 83.8 Å². The average Bonchev–Trinajstić information content (AvgIpc) is 1.57. The van der Waals surface area contributed by atoms with E-state index in [2.05, 4.69) is 252 Å². The molecule has 12 aromatic carbocycles. The van der Waals surface area contributed by atoms with Crippen LogP contribution in [-0.4, -0.2) is 38.0 Å². The number of nitrogens with zero attached hydrogens (tertiary/aromatic N) is 8. The van der Waals surface area contributed by atoms with Gasteiger partial charge in [-0.25, -0.2) is 29.9 Å². The standard InChI is InChI=1S/C78H52N8Si/c1-9-25-53(26-10-1)73-79-74(54-27-11-2-12-28-54)82-77(81-73)57-41-45-65-66-46-42-58(78-83-75(55-29-13-3-14-30-55)80-76(84-78)56-31-15-4-16-32-56)50-70(66)87(69(65)49-57)71-51-63(85(59-33-17-5-18-34-59)60-35-19-6-20-36-60)43-47-67(71)68-48-44-64(52-72(68)87)86(61-37-21-7-22-38-61)62-39-23-8-24-40-62/h1-52H. The molecule has 2 aliphatic heterocycles. The molecule has 8 nitrogen and oxygen atoms in total. The maximum Gasteiger partial charge on any atom is 0.182 e. The Hall–Kier alpha value is -11.5. The second-order valence-electron chi connectivity index (χ2n) is 21.8. The van der Waals surface area contributed by atoms with Gasteiger partial charge in [-0.15, -0.1) is 0 Å². The average molecular weight is 1130 g/mol. The predicted octanol–water partition coefficient (Wildman–Crippen LogP) is 16.3. The Kier molecular flexibility index (Phi) is 12.7. The Labute approximate surface area is 505 Å². The second kappa shape index (κ2) is 21.6. The van der Waals surface area contributed by atoms with Crippen molar-refractivity contribution in [1.29, 1.82) is 0 Å². The first kappa shape index (κ1) is 51.1. The molecule has 0 aliphatic carbocycles. The summed E-state index contributed by atoms with van der Waals surface area (Å²) in [6, 6.07) is 112. The normalized spacial score (nSPS) is 12.2. The minimum absolute atomic E-state index is 0.595. The van der Waals surface area contributed by atoms with Crippen molar-refractivity contribution in [2.45, 2.75) is 0 Å². The van der Waals surface area contributed by atoms with Gasteiger partial charge in [-0.05, 0) is 116 Å². The number of benzene rings is 12. The fraction of sp³-hybridized carbons (Fsp3) is 0. The number of hydrogen-bond donors (Lipinski definition) is 0. The van der Waals surface area contributed by atoms with Gasteiger partial charge in [0, 0.05) is 67.5 Å². The van der Waals surface area contributed by atoms with Crippen molar-refractivity contribution >= 4 is 62.9 Å². The second-order valence-corrected chi connectivity index (χ2v) is 25.5. The highest BCUT2D eigenvalue weighted by Gasteiger charge is 2.55. The third kappa shape index (κ3) is 9.00. The van der Waals surface area contributed by atoms with Crippen LogP contribution in [0.1, 0.15) is 0 Å². The Bertz CT molecular complexity index is 4340. The fourth-order valence-electron chi connectivity index (χ4n) is 12.8. The van der Waals surface area contributed by atoms with Gasteiger partial charge in [-0.1, -0.05) is 243 Å². The molecule has 408 valence electrons. The van der Waals surface area contributed by atoms with Gasteiger partial charge in [0.05, 0.1) is 0 Å². The Morgan fingerprint density at radius 1 is 0.184 bits per heavy atom. The Morgan fingerprint density at radius 2 is 0.402 bits per heavy atom. The van der Waals surface area contributed by atoms with E-state index in [1.54, 1.807) is 0 Å². The molecule has 2 aromatic heterocycles. The third-order valence-electron chi connectivity index (χ3n) is 16.7. The van der Waals surface area contributed by atoms with Crippen molar-refractivity contribution in [3.63, 3.8) is 0 Å². The zero-order valence-corrected chi connectivity index (χ0v) is 48.1. The van der Waals surface area contributed by atoms with Crippen molar-refractivity contribution in [2.75, 3.05) is 9.80 Å². The summed E-state index contributed by atoms with van der Waals surface area (Å²) < 4.78 is 0. The summed E-state index contributed by atoms with van der Waals surface area (Å²) in [7, 11) is -3.54. The van der Waals surface area contributed by atoms with Crippen LogP contribution < -0.4 is 30.5 Å². The van der Waals surface area contributed by atoms with Gasteiger partial charge >= 0.3 is 0 Å². The highest BCUT2D eigenvalue weighted by molar-refractivity contribution is 7.24. The minimum atomic E-state index is -3.54. The molecule has 0 amide bonds. The quantitative estimate of drug-likeness (QED) is 0.112. The molecule has 0 atom stereocenters. The first-order chi connectivity index (χ1) is 43.1. The van der Waals surface area contributed by atoms with Crippen LogP contribution in [0.4, 0.5) is 34.1 Å². The van der Waals surface area contributed by atoms with E-state index < -0.39 is 8.07 Å². The largest absolute Gasteiger partial charge is 0.311 e. The van der Waals surface area contributed by atoms with E-state index in [-0.39, 0.29) is 0 Å². The van der Waals surface area contributed by atoms with Gasteiger partial charge < -0.3 is 9.80 Å². The number of para-hydroxylation sites is 4. The molecule has 16 rings (SSSR count). The summed E-state index contributed by atoms with van der Waals surface area (Å²) in [5.41, 5.74) is 16.5. The van der Waals surface area contributed by atoms with Crippen molar-refractivity contribution in [3.05, 3.63) is 315 Å². The molecule has 0 unspecified atom stereocenters. The number of rotatable bonds is 12. The van der Waals surface area contributed by atoms with Gasteiger partial charge in [-0.2, -0.15) is 0 Å². The monoisotopic (exact) mass is 1130 g/mol. The van der Waals surface area contributed by atoms with Crippen molar-refractivity contribution in [2.24, 2.45) is 0 Å².